The molecular formula is C36H38Cl3N3O2. The summed E-state index contributed by atoms with van der Waals surface area (Å²) in [6, 6.07) is 20.1. The van der Waals surface area contributed by atoms with Crippen LogP contribution in [0, 0.1) is 5.92 Å². The van der Waals surface area contributed by atoms with E-state index in [4.69, 9.17) is 34.8 Å². The van der Waals surface area contributed by atoms with E-state index in [1.165, 1.54) is 18.4 Å². The van der Waals surface area contributed by atoms with Gasteiger partial charge in [-0.1, -0.05) is 78.1 Å². The average molecular weight is 651 g/mol. The first-order chi connectivity index (χ1) is 21.3. The topological polar surface area (TPSA) is 54.3 Å². The monoisotopic (exact) mass is 649 g/mol. The van der Waals surface area contributed by atoms with Gasteiger partial charge in [-0.15, -0.1) is 0 Å². The minimum absolute atomic E-state index is 0.0967. The zero-order chi connectivity index (χ0) is 30.8. The Bertz CT molecular complexity index is 1670. The number of aryl methyl sites for hydroxylation is 2. The maximum Gasteiger partial charge on any atom is 0.253 e. The van der Waals surface area contributed by atoms with Crippen molar-refractivity contribution in [2.45, 2.75) is 77.0 Å². The van der Waals surface area contributed by atoms with Crippen molar-refractivity contribution in [3.63, 3.8) is 0 Å². The minimum Gasteiger partial charge on any atom is -0.348 e. The van der Waals surface area contributed by atoms with E-state index >= 15 is 0 Å². The van der Waals surface area contributed by atoms with Crippen LogP contribution >= 0.6 is 34.8 Å². The Morgan fingerprint density at radius 3 is 2.41 bits per heavy atom. The molecule has 0 spiro atoms. The Hall–Kier alpha value is -2.83. The fourth-order valence-electron chi connectivity index (χ4n) is 7.39. The number of piperidine rings is 1. The predicted molar refractivity (Wildman–Crippen MR) is 180 cm³/mol. The molecule has 0 saturated carbocycles. The van der Waals surface area contributed by atoms with Crippen molar-refractivity contribution in [3.05, 3.63) is 104 Å². The van der Waals surface area contributed by atoms with Crippen molar-refractivity contribution in [1.82, 2.24) is 14.8 Å². The third-order valence-corrected chi connectivity index (χ3v) is 10.4. The molecule has 1 aromatic heterocycles. The molecule has 5 nitrogen and oxygen atoms in total. The molecule has 3 heterocycles. The largest absolute Gasteiger partial charge is 0.348 e. The van der Waals surface area contributed by atoms with Gasteiger partial charge in [0.25, 0.3) is 5.91 Å². The van der Waals surface area contributed by atoms with Crippen LogP contribution in [0.1, 0.15) is 77.3 Å². The Morgan fingerprint density at radius 1 is 0.909 bits per heavy atom. The Balaban J connectivity index is 1.09. The van der Waals surface area contributed by atoms with Gasteiger partial charge in [0.2, 0.25) is 0 Å². The van der Waals surface area contributed by atoms with Crippen molar-refractivity contribution in [3.8, 4) is 0 Å². The van der Waals surface area contributed by atoms with Crippen LogP contribution in [0.5, 0.6) is 0 Å². The summed E-state index contributed by atoms with van der Waals surface area (Å²) in [7, 11) is 0. The average Bonchev–Trinajstić information content (AvgIpc) is 3.50. The smallest absolute Gasteiger partial charge is 0.253 e. The number of benzene rings is 3. The van der Waals surface area contributed by atoms with Gasteiger partial charge in [0.15, 0.2) is 5.78 Å². The maximum absolute atomic E-state index is 13.4. The number of carbonyl (C=O) groups excluding carboxylic acids is 2. The Kier molecular flexibility index (Phi) is 9.68. The van der Waals surface area contributed by atoms with Crippen molar-refractivity contribution in [1.29, 1.82) is 0 Å². The molecule has 230 valence electrons. The van der Waals surface area contributed by atoms with Crippen molar-refractivity contribution in [2.24, 2.45) is 5.92 Å². The van der Waals surface area contributed by atoms with Gasteiger partial charge in [0, 0.05) is 60.3 Å². The predicted octanol–water partition coefficient (Wildman–Crippen LogP) is 9.00. The number of halogens is 3. The first-order valence-corrected chi connectivity index (χ1v) is 16.8. The summed E-state index contributed by atoms with van der Waals surface area (Å²) in [5.41, 5.74) is 4.71. The second-order valence-electron chi connectivity index (χ2n) is 12.3. The zero-order valence-electron chi connectivity index (χ0n) is 25.0. The highest BCUT2D eigenvalue weighted by atomic mass is 35.5. The van der Waals surface area contributed by atoms with Crippen molar-refractivity contribution in [2.75, 3.05) is 6.54 Å². The molecular weight excluding hydrogens is 613 g/mol. The summed E-state index contributed by atoms with van der Waals surface area (Å²) in [6.07, 6.45) is 9.12. The Morgan fingerprint density at radius 2 is 1.68 bits per heavy atom. The maximum atomic E-state index is 13.4. The van der Waals surface area contributed by atoms with E-state index in [-0.39, 0.29) is 11.7 Å². The number of para-hydroxylation sites is 1. The van der Waals surface area contributed by atoms with Gasteiger partial charge in [0.05, 0.1) is 21.1 Å². The molecule has 2 aliphatic rings. The van der Waals surface area contributed by atoms with Crippen LogP contribution in [0.15, 0.2) is 66.9 Å². The molecule has 2 aliphatic heterocycles. The van der Waals surface area contributed by atoms with Crippen LogP contribution in [0.3, 0.4) is 0 Å². The van der Waals surface area contributed by atoms with Crippen molar-refractivity contribution < 1.29 is 9.59 Å². The SMILES string of the molecule is CCc1cccc2c(C(=O)NCc3ccc(Cl)c(Cl)c3)cn(CCCN3[C@@H]4CC[C@H]3CC(CC(=O)c3cccc(Cl)c3)C4)c12. The van der Waals surface area contributed by atoms with Gasteiger partial charge in [0.1, 0.15) is 0 Å². The first kappa shape index (κ1) is 31.2. The number of ketones is 1. The number of amides is 1. The summed E-state index contributed by atoms with van der Waals surface area (Å²) < 4.78 is 2.28. The second-order valence-corrected chi connectivity index (χ2v) is 13.5. The van der Waals surface area contributed by atoms with Crippen LogP contribution in [0.2, 0.25) is 15.1 Å². The highest BCUT2D eigenvalue weighted by molar-refractivity contribution is 6.42. The van der Waals surface area contributed by atoms with Crippen molar-refractivity contribution >= 4 is 57.4 Å². The number of carbonyl (C=O) groups is 2. The van der Waals surface area contributed by atoms with Gasteiger partial charge in [-0.3, -0.25) is 14.5 Å². The molecule has 44 heavy (non-hydrogen) atoms. The summed E-state index contributed by atoms with van der Waals surface area (Å²) >= 11 is 18.4. The molecule has 3 atom stereocenters. The van der Waals surface area contributed by atoms with Crippen LogP contribution in [0.4, 0.5) is 0 Å². The number of rotatable bonds is 11. The zero-order valence-corrected chi connectivity index (χ0v) is 27.3. The highest BCUT2D eigenvalue weighted by Crippen LogP contribution is 2.40. The van der Waals surface area contributed by atoms with Crippen LogP contribution in [0.25, 0.3) is 10.9 Å². The number of fused-ring (bicyclic) bond motifs is 3. The van der Waals surface area contributed by atoms with Gasteiger partial charge in [-0.05, 0) is 79.8 Å². The summed E-state index contributed by atoms with van der Waals surface area (Å²) in [5, 5.41) is 5.65. The molecule has 1 unspecified atom stereocenters. The minimum atomic E-state index is -0.0967. The van der Waals surface area contributed by atoms with Crippen LogP contribution in [-0.2, 0) is 19.5 Å². The third-order valence-electron chi connectivity index (χ3n) is 9.46. The second kappa shape index (κ2) is 13.7. The van der Waals surface area contributed by atoms with Gasteiger partial charge < -0.3 is 9.88 Å². The molecule has 0 aliphatic carbocycles. The molecule has 2 fully saturated rings. The fourth-order valence-corrected chi connectivity index (χ4v) is 7.90. The van der Waals surface area contributed by atoms with Gasteiger partial charge in [-0.2, -0.15) is 0 Å². The summed E-state index contributed by atoms with van der Waals surface area (Å²) in [6.45, 7) is 4.41. The lowest BCUT2D eigenvalue weighted by Gasteiger charge is -2.39. The normalized spacial score (nSPS) is 19.9. The molecule has 3 aromatic carbocycles. The molecule has 2 saturated heterocycles. The van der Waals surface area contributed by atoms with Gasteiger partial charge >= 0.3 is 0 Å². The molecule has 8 heteroatoms. The number of nitrogens with one attached hydrogen (secondary N) is 1. The molecule has 2 bridgehead atoms. The van der Waals surface area contributed by atoms with E-state index in [9.17, 15) is 9.59 Å². The highest BCUT2D eigenvalue weighted by Gasteiger charge is 2.40. The molecule has 1 amide bonds. The summed E-state index contributed by atoms with van der Waals surface area (Å²) in [4.78, 5) is 29.0. The van der Waals surface area contributed by atoms with E-state index < -0.39 is 0 Å². The van der Waals surface area contributed by atoms with E-state index in [0.29, 0.717) is 51.6 Å². The van der Waals surface area contributed by atoms with E-state index in [0.717, 1.165) is 60.8 Å². The fraction of sp³-hybridized carbons (Fsp3) is 0.389. The molecule has 0 radical (unpaired) electrons. The van der Waals surface area contributed by atoms with Crippen LogP contribution < -0.4 is 5.32 Å². The standard InChI is InChI=1S/C36H38Cl3N3O2/c1-2-25-6-4-9-30-31(36(44)40-21-23-10-13-32(38)33(39)18-23)22-41(35(25)30)14-5-15-42-28-11-12-29(42)17-24(16-28)19-34(43)26-7-3-8-27(37)20-26/h3-4,6-10,13,18,20,22,24,28-29H,2,5,11-12,14-17,19,21H2,1H3,(H,40,44)/t24?,28-,29+. The lowest BCUT2D eigenvalue weighted by Crippen LogP contribution is -2.43. The van der Waals surface area contributed by atoms with E-state index in [2.05, 4.69) is 33.8 Å². The van der Waals surface area contributed by atoms with E-state index in [1.807, 2.05) is 36.5 Å². The lowest BCUT2D eigenvalue weighted by molar-refractivity contribution is 0.0807. The third kappa shape index (κ3) is 6.72. The summed E-state index contributed by atoms with van der Waals surface area (Å²) in [5.74, 6) is 0.537. The van der Waals surface area contributed by atoms with Crippen LogP contribution in [-0.4, -0.2) is 39.8 Å². The van der Waals surface area contributed by atoms with E-state index in [1.54, 1.807) is 18.2 Å². The number of nitrogens with zero attached hydrogens (tertiary/aromatic N) is 2. The molecule has 6 rings (SSSR count). The number of aromatic nitrogens is 1. The first-order valence-electron chi connectivity index (χ1n) is 15.7. The number of hydrogen-bond acceptors (Lipinski definition) is 3. The number of hydrogen-bond donors (Lipinski definition) is 1. The molecule has 1 N–H and O–H groups in total. The molecule has 4 aromatic rings. The Labute approximate surface area is 274 Å². The lowest BCUT2D eigenvalue weighted by atomic mass is 9.85. The van der Waals surface area contributed by atoms with Gasteiger partial charge in [-0.25, -0.2) is 0 Å². The number of Topliss-reactive ketones (excluding diaryl/α,β-unsaturated/α-hetero) is 1. The quantitative estimate of drug-likeness (QED) is 0.165.